The van der Waals surface area contributed by atoms with Crippen molar-refractivity contribution < 1.29 is 4.74 Å². The number of nitrogens with one attached hydrogen (secondary N) is 3. The molecule has 2 aliphatic rings. The Morgan fingerprint density at radius 3 is 2.84 bits per heavy atom. The van der Waals surface area contributed by atoms with E-state index in [1.54, 1.807) is 19.6 Å². The fourth-order valence-electron chi connectivity index (χ4n) is 3.72. The van der Waals surface area contributed by atoms with Gasteiger partial charge < -0.3 is 20.7 Å². The summed E-state index contributed by atoms with van der Waals surface area (Å²) in [6, 6.07) is 5.12. The SMILES string of the molecule is C=C(NC=NC(C)=NC1CCC(NCCOC)CC1)c1cnnc(NCC2(C#N)CC2)c1. The molecule has 1 aromatic rings. The maximum Gasteiger partial charge on any atom is 0.149 e. The lowest BCUT2D eigenvalue weighted by Crippen LogP contribution is -2.36. The van der Waals surface area contributed by atoms with Crippen LogP contribution in [0.25, 0.3) is 5.70 Å². The summed E-state index contributed by atoms with van der Waals surface area (Å²) in [7, 11) is 1.73. The molecule has 0 aromatic carbocycles. The number of rotatable bonds is 11. The van der Waals surface area contributed by atoms with Gasteiger partial charge in [-0.15, -0.1) is 5.10 Å². The van der Waals surface area contributed by atoms with Gasteiger partial charge in [-0.25, -0.2) is 4.99 Å². The van der Waals surface area contributed by atoms with Crippen molar-refractivity contribution >= 4 is 23.7 Å². The van der Waals surface area contributed by atoms with Crippen LogP contribution >= 0.6 is 0 Å². The topological polar surface area (TPSA) is 120 Å². The van der Waals surface area contributed by atoms with Gasteiger partial charge in [0, 0.05) is 37.5 Å². The zero-order valence-corrected chi connectivity index (χ0v) is 19.1. The monoisotopic (exact) mass is 438 g/mol. The minimum Gasteiger partial charge on any atom is -0.383 e. The molecule has 2 saturated carbocycles. The van der Waals surface area contributed by atoms with E-state index in [9.17, 15) is 5.26 Å². The number of amidine groups is 1. The Balaban J connectivity index is 1.42. The zero-order valence-electron chi connectivity index (χ0n) is 19.1. The fourth-order valence-corrected chi connectivity index (χ4v) is 3.72. The molecule has 0 bridgehead atoms. The molecule has 0 unspecified atom stereocenters. The van der Waals surface area contributed by atoms with E-state index in [4.69, 9.17) is 9.73 Å². The third-order valence-corrected chi connectivity index (χ3v) is 6.00. The molecule has 1 aromatic heterocycles. The Morgan fingerprint density at radius 1 is 1.38 bits per heavy atom. The highest BCUT2D eigenvalue weighted by molar-refractivity contribution is 5.89. The largest absolute Gasteiger partial charge is 0.383 e. The summed E-state index contributed by atoms with van der Waals surface area (Å²) in [4.78, 5) is 9.16. The van der Waals surface area contributed by atoms with E-state index in [-0.39, 0.29) is 5.41 Å². The average molecular weight is 439 g/mol. The molecule has 0 aliphatic heterocycles. The normalized spacial score (nSPS) is 22.3. The summed E-state index contributed by atoms with van der Waals surface area (Å²) in [6.45, 7) is 8.21. The second kappa shape index (κ2) is 11.7. The Hall–Kier alpha value is -2.83. The lowest BCUT2D eigenvalue weighted by molar-refractivity contribution is 0.191. The number of aromatic nitrogens is 2. The second-order valence-electron chi connectivity index (χ2n) is 8.58. The molecular formula is C23H34N8O. The summed E-state index contributed by atoms with van der Waals surface area (Å²) in [5.74, 6) is 1.39. The van der Waals surface area contributed by atoms with E-state index < -0.39 is 0 Å². The first-order chi connectivity index (χ1) is 15.5. The Morgan fingerprint density at radius 2 is 2.16 bits per heavy atom. The van der Waals surface area contributed by atoms with Crippen molar-refractivity contribution in [1.29, 1.82) is 5.26 Å². The van der Waals surface area contributed by atoms with E-state index in [2.05, 4.69) is 43.8 Å². The van der Waals surface area contributed by atoms with Gasteiger partial charge in [-0.05, 0) is 51.5 Å². The lowest BCUT2D eigenvalue weighted by Gasteiger charge is -2.27. The maximum atomic E-state index is 9.19. The molecule has 172 valence electrons. The van der Waals surface area contributed by atoms with Crippen molar-refractivity contribution in [2.75, 3.05) is 32.1 Å². The van der Waals surface area contributed by atoms with Gasteiger partial charge in [-0.3, -0.25) is 4.99 Å². The molecule has 0 atom stereocenters. The highest BCUT2D eigenvalue weighted by Gasteiger charge is 2.42. The molecule has 32 heavy (non-hydrogen) atoms. The van der Waals surface area contributed by atoms with Crippen molar-refractivity contribution in [3.8, 4) is 6.07 Å². The third-order valence-electron chi connectivity index (χ3n) is 6.00. The van der Waals surface area contributed by atoms with E-state index in [0.29, 0.717) is 30.1 Å². The summed E-state index contributed by atoms with van der Waals surface area (Å²) in [5.41, 5.74) is 1.24. The molecule has 9 heteroatoms. The van der Waals surface area contributed by atoms with Crippen LogP contribution in [0, 0.1) is 16.7 Å². The van der Waals surface area contributed by atoms with E-state index in [1.807, 2.05) is 13.0 Å². The number of ether oxygens (including phenoxy) is 1. The lowest BCUT2D eigenvalue weighted by atomic mass is 9.91. The van der Waals surface area contributed by atoms with E-state index in [0.717, 1.165) is 63.1 Å². The van der Waals surface area contributed by atoms with Gasteiger partial charge in [-0.1, -0.05) is 6.58 Å². The van der Waals surface area contributed by atoms with Crippen molar-refractivity contribution in [1.82, 2.24) is 20.8 Å². The Labute approximate surface area is 190 Å². The van der Waals surface area contributed by atoms with Crippen molar-refractivity contribution in [3.63, 3.8) is 0 Å². The zero-order chi connectivity index (χ0) is 22.8. The second-order valence-corrected chi connectivity index (χ2v) is 8.58. The van der Waals surface area contributed by atoms with Gasteiger partial charge in [-0.2, -0.15) is 10.4 Å². The molecule has 3 rings (SSSR count). The van der Waals surface area contributed by atoms with Crippen LogP contribution in [0.3, 0.4) is 0 Å². The molecule has 0 saturated heterocycles. The molecule has 1 heterocycles. The highest BCUT2D eigenvalue weighted by atomic mass is 16.5. The molecule has 0 amide bonds. The summed E-state index contributed by atoms with van der Waals surface area (Å²) >= 11 is 0. The van der Waals surface area contributed by atoms with E-state index >= 15 is 0 Å². The first-order valence-corrected chi connectivity index (χ1v) is 11.3. The Bertz CT molecular complexity index is 863. The number of nitrogens with zero attached hydrogens (tertiary/aromatic N) is 5. The van der Waals surface area contributed by atoms with Gasteiger partial charge in [0.05, 0.1) is 36.7 Å². The highest BCUT2D eigenvalue weighted by Crippen LogP contribution is 2.44. The van der Waals surface area contributed by atoms with Gasteiger partial charge >= 0.3 is 0 Å². The number of aliphatic imine (C=N–C) groups is 2. The van der Waals surface area contributed by atoms with Crippen LogP contribution in [-0.4, -0.2) is 61.3 Å². The van der Waals surface area contributed by atoms with Crippen LogP contribution < -0.4 is 16.0 Å². The number of nitriles is 1. The van der Waals surface area contributed by atoms with Crippen molar-refractivity contribution in [3.05, 3.63) is 24.4 Å². The predicted molar refractivity (Wildman–Crippen MR) is 127 cm³/mol. The fraction of sp³-hybridized carbons (Fsp3) is 0.609. The van der Waals surface area contributed by atoms with Crippen LogP contribution in [0.2, 0.25) is 0 Å². The van der Waals surface area contributed by atoms with E-state index in [1.165, 1.54) is 0 Å². The average Bonchev–Trinajstić information content (AvgIpc) is 3.60. The Kier molecular flexibility index (Phi) is 8.71. The smallest absolute Gasteiger partial charge is 0.149 e. The van der Waals surface area contributed by atoms with Crippen LogP contribution in [0.1, 0.15) is 51.0 Å². The standard InChI is InChI=1S/C23H34N8O/c1-17(19-12-22(31-29-13-19)26-15-23(14-24)8-9-23)27-16-28-18(2)30-21-6-4-20(5-7-21)25-10-11-32-3/h12-13,16,20-21,25H,1,4-11,15H2,2-3H3,(H,26,31)(H,27,28,30). The third kappa shape index (κ3) is 7.39. The molecule has 0 radical (unpaired) electrons. The van der Waals surface area contributed by atoms with Crippen LogP contribution in [0.15, 0.2) is 28.8 Å². The number of hydrogen-bond acceptors (Lipinski definition) is 7. The van der Waals surface area contributed by atoms with Crippen LogP contribution in [0.5, 0.6) is 0 Å². The summed E-state index contributed by atoms with van der Waals surface area (Å²) in [5, 5.41) is 27.1. The maximum absolute atomic E-state index is 9.19. The first kappa shape index (κ1) is 23.8. The number of hydrogen-bond donors (Lipinski definition) is 3. The molecular weight excluding hydrogens is 404 g/mol. The minimum absolute atomic E-state index is 0.240. The molecule has 2 fully saturated rings. The van der Waals surface area contributed by atoms with Gasteiger partial charge in [0.15, 0.2) is 0 Å². The predicted octanol–water partition coefficient (Wildman–Crippen LogP) is 2.75. The summed E-state index contributed by atoms with van der Waals surface area (Å²) < 4.78 is 5.09. The number of anilines is 1. The minimum atomic E-state index is -0.240. The molecule has 0 spiro atoms. The summed E-state index contributed by atoms with van der Waals surface area (Å²) in [6.07, 6.45) is 9.53. The van der Waals surface area contributed by atoms with Crippen LogP contribution in [-0.2, 0) is 4.74 Å². The van der Waals surface area contributed by atoms with Gasteiger partial charge in [0.1, 0.15) is 11.7 Å². The molecule has 3 N–H and O–H groups in total. The molecule has 2 aliphatic carbocycles. The van der Waals surface area contributed by atoms with Crippen LogP contribution in [0.4, 0.5) is 5.82 Å². The quantitative estimate of drug-likeness (QED) is 0.276. The number of methoxy groups -OCH3 is 1. The van der Waals surface area contributed by atoms with Crippen molar-refractivity contribution in [2.45, 2.75) is 57.5 Å². The van der Waals surface area contributed by atoms with Gasteiger partial charge in [0.25, 0.3) is 0 Å². The first-order valence-electron chi connectivity index (χ1n) is 11.3. The molecule has 9 nitrogen and oxygen atoms in total. The van der Waals surface area contributed by atoms with Gasteiger partial charge in [0.2, 0.25) is 0 Å². The van der Waals surface area contributed by atoms with Crippen molar-refractivity contribution in [2.24, 2.45) is 15.4 Å².